The zero-order chi connectivity index (χ0) is 23.6. The van der Waals surface area contributed by atoms with Gasteiger partial charge in [0.15, 0.2) is 16.4 Å². The van der Waals surface area contributed by atoms with E-state index in [1.807, 2.05) is 30.3 Å². The van der Waals surface area contributed by atoms with Crippen LogP contribution in [0.3, 0.4) is 0 Å². The lowest BCUT2D eigenvalue weighted by Gasteiger charge is -2.10. The third-order valence-electron chi connectivity index (χ3n) is 5.55. The van der Waals surface area contributed by atoms with Crippen molar-refractivity contribution < 1.29 is 22.7 Å². The van der Waals surface area contributed by atoms with Crippen molar-refractivity contribution in [3.63, 3.8) is 0 Å². The number of sulfone groups is 1. The van der Waals surface area contributed by atoms with Gasteiger partial charge in [0, 0.05) is 18.1 Å². The molecule has 2 aromatic rings. The second kappa shape index (κ2) is 9.48. The lowest BCUT2D eigenvalue weighted by molar-refractivity contribution is -0.147. The summed E-state index contributed by atoms with van der Waals surface area (Å²) < 4.78 is 30.0. The van der Waals surface area contributed by atoms with Gasteiger partial charge in [0.1, 0.15) is 5.15 Å². The van der Waals surface area contributed by atoms with E-state index in [2.05, 4.69) is 10.2 Å². The van der Waals surface area contributed by atoms with Crippen molar-refractivity contribution in [3.05, 3.63) is 58.4 Å². The molecule has 9 nitrogen and oxygen atoms in total. The molecule has 2 aliphatic rings. The fraction of sp³-hybridized carbons (Fsp3) is 0.364. The molecule has 33 heavy (non-hydrogen) atoms. The Bertz CT molecular complexity index is 1240. The summed E-state index contributed by atoms with van der Waals surface area (Å²) in [4.78, 5) is 24.5. The SMILES string of the molecule is Cc1nn([C@H]2CCS(=O)(=O)C2)c(Cl)c1/C=C/C(=O)OCC(=O)N1CCC(c2ccccc2)=N1. The lowest BCUT2D eigenvalue weighted by Crippen LogP contribution is -2.28. The fourth-order valence-electron chi connectivity index (χ4n) is 3.81. The van der Waals surface area contributed by atoms with E-state index in [-0.39, 0.29) is 22.7 Å². The van der Waals surface area contributed by atoms with Gasteiger partial charge in [0.05, 0.1) is 35.5 Å². The molecular weight excluding hydrogens is 468 g/mol. The third kappa shape index (κ3) is 5.33. The standard InChI is InChI=1S/C22H23ClN4O5S/c1-15-18(22(23)27(24-15)17-10-12-33(30,31)14-17)7-8-21(29)32-13-20(28)26-11-9-19(25-26)16-5-3-2-4-6-16/h2-8,17H,9-14H2,1H3/b8-7+/t17-/m0/s1. The first-order valence-corrected chi connectivity index (χ1v) is 12.7. The number of hydrazone groups is 1. The Morgan fingerprint density at radius 1 is 1.27 bits per heavy atom. The molecule has 0 saturated carbocycles. The second-order valence-electron chi connectivity index (χ2n) is 7.91. The number of rotatable bonds is 6. The van der Waals surface area contributed by atoms with E-state index in [4.69, 9.17) is 16.3 Å². The van der Waals surface area contributed by atoms with Gasteiger partial charge in [-0.15, -0.1) is 0 Å². The molecule has 3 heterocycles. The first-order valence-electron chi connectivity index (χ1n) is 10.5. The van der Waals surface area contributed by atoms with Gasteiger partial charge in [-0.05, 0) is 25.0 Å². The first kappa shape index (κ1) is 23.2. The molecule has 1 aromatic heterocycles. The van der Waals surface area contributed by atoms with Crippen molar-refractivity contribution in [2.45, 2.75) is 25.8 Å². The Morgan fingerprint density at radius 3 is 2.73 bits per heavy atom. The summed E-state index contributed by atoms with van der Waals surface area (Å²) in [5.41, 5.74) is 2.83. The molecule has 4 rings (SSSR count). The zero-order valence-corrected chi connectivity index (χ0v) is 19.6. The monoisotopic (exact) mass is 490 g/mol. The number of nitrogens with zero attached hydrogens (tertiary/aromatic N) is 4. The van der Waals surface area contributed by atoms with Gasteiger partial charge in [0.2, 0.25) is 0 Å². The number of carbonyl (C=O) groups is 2. The van der Waals surface area contributed by atoms with Crippen LogP contribution in [-0.4, -0.2) is 65.5 Å². The van der Waals surface area contributed by atoms with E-state index in [1.54, 1.807) is 6.92 Å². The molecule has 2 aliphatic heterocycles. The number of hydrogen-bond donors (Lipinski definition) is 0. The Morgan fingerprint density at radius 2 is 2.03 bits per heavy atom. The normalized spacial score (nSPS) is 19.8. The molecule has 0 unspecified atom stereocenters. The van der Waals surface area contributed by atoms with Crippen molar-refractivity contribution >= 4 is 45.1 Å². The molecule has 0 bridgehead atoms. The average molecular weight is 491 g/mol. The van der Waals surface area contributed by atoms with Crippen molar-refractivity contribution in [2.75, 3.05) is 24.7 Å². The Hall–Kier alpha value is -2.98. The summed E-state index contributed by atoms with van der Waals surface area (Å²) >= 11 is 6.39. The highest BCUT2D eigenvalue weighted by Gasteiger charge is 2.31. The average Bonchev–Trinajstić information content (AvgIpc) is 3.49. The summed E-state index contributed by atoms with van der Waals surface area (Å²) in [6.45, 7) is 1.72. The van der Waals surface area contributed by atoms with Gasteiger partial charge in [-0.25, -0.2) is 22.9 Å². The quantitative estimate of drug-likeness (QED) is 0.454. The van der Waals surface area contributed by atoms with Crippen LogP contribution in [-0.2, 0) is 24.2 Å². The predicted molar refractivity (Wildman–Crippen MR) is 124 cm³/mol. The molecule has 0 N–H and O–H groups in total. The summed E-state index contributed by atoms with van der Waals surface area (Å²) in [5, 5.41) is 10.2. The Kier molecular flexibility index (Phi) is 6.66. The molecule has 0 radical (unpaired) electrons. The third-order valence-corrected chi connectivity index (χ3v) is 7.67. The van der Waals surface area contributed by atoms with Crippen LogP contribution in [0.1, 0.15) is 35.7 Å². The molecule has 1 amide bonds. The van der Waals surface area contributed by atoms with E-state index in [0.717, 1.165) is 11.3 Å². The topological polar surface area (TPSA) is 111 Å². The molecule has 0 spiro atoms. The lowest BCUT2D eigenvalue weighted by atomic mass is 10.1. The fourth-order valence-corrected chi connectivity index (χ4v) is 5.88. The van der Waals surface area contributed by atoms with E-state index in [1.165, 1.54) is 21.8 Å². The summed E-state index contributed by atoms with van der Waals surface area (Å²) in [6.07, 6.45) is 3.70. The zero-order valence-electron chi connectivity index (χ0n) is 18.0. The van der Waals surface area contributed by atoms with Crippen LogP contribution < -0.4 is 0 Å². The summed E-state index contributed by atoms with van der Waals surface area (Å²) in [6, 6.07) is 9.26. The molecular formula is C22H23ClN4O5S. The number of esters is 1. The first-order chi connectivity index (χ1) is 15.7. The number of halogens is 1. The van der Waals surface area contributed by atoms with Crippen molar-refractivity contribution in [1.82, 2.24) is 14.8 Å². The maximum atomic E-state index is 12.3. The Labute approximate surface area is 196 Å². The number of aromatic nitrogens is 2. The smallest absolute Gasteiger partial charge is 0.331 e. The van der Waals surface area contributed by atoms with E-state index in [0.29, 0.717) is 30.6 Å². The van der Waals surface area contributed by atoms with Crippen molar-refractivity contribution in [1.29, 1.82) is 0 Å². The van der Waals surface area contributed by atoms with Crippen LogP contribution in [0, 0.1) is 6.92 Å². The van der Waals surface area contributed by atoms with E-state index >= 15 is 0 Å². The molecule has 174 valence electrons. The van der Waals surface area contributed by atoms with Gasteiger partial charge in [-0.1, -0.05) is 41.9 Å². The van der Waals surface area contributed by atoms with Crippen LogP contribution in [0.5, 0.6) is 0 Å². The largest absolute Gasteiger partial charge is 0.452 e. The number of amides is 1. The van der Waals surface area contributed by atoms with Crippen molar-refractivity contribution in [2.24, 2.45) is 5.10 Å². The van der Waals surface area contributed by atoms with Crippen LogP contribution in [0.25, 0.3) is 6.08 Å². The minimum atomic E-state index is -3.09. The number of benzene rings is 1. The molecule has 1 aromatic carbocycles. The van der Waals surface area contributed by atoms with E-state index in [9.17, 15) is 18.0 Å². The highest BCUT2D eigenvalue weighted by Crippen LogP contribution is 2.30. The van der Waals surface area contributed by atoms with Gasteiger partial charge in [-0.2, -0.15) is 10.2 Å². The minimum absolute atomic E-state index is 0.00782. The summed E-state index contributed by atoms with van der Waals surface area (Å²) in [7, 11) is -3.09. The minimum Gasteiger partial charge on any atom is -0.452 e. The summed E-state index contributed by atoms with van der Waals surface area (Å²) in [5.74, 6) is -1.02. The van der Waals surface area contributed by atoms with Crippen LogP contribution in [0.15, 0.2) is 41.5 Å². The van der Waals surface area contributed by atoms with Gasteiger partial charge in [0.25, 0.3) is 5.91 Å². The number of carbonyl (C=O) groups excluding carboxylic acids is 2. The highest BCUT2D eigenvalue weighted by atomic mass is 35.5. The van der Waals surface area contributed by atoms with Gasteiger partial charge in [-0.3, -0.25) is 4.79 Å². The predicted octanol–water partition coefficient (Wildman–Crippen LogP) is 2.40. The highest BCUT2D eigenvalue weighted by molar-refractivity contribution is 7.91. The van der Waals surface area contributed by atoms with E-state index < -0.39 is 28.3 Å². The number of ether oxygens (including phenoxy) is 1. The molecule has 1 fully saturated rings. The molecule has 1 atom stereocenters. The maximum absolute atomic E-state index is 12.3. The van der Waals surface area contributed by atoms with Crippen molar-refractivity contribution in [3.8, 4) is 0 Å². The molecule has 11 heteroatoms. The van der Waals surface area contributed by atoms with Crippen LogP contribution in [0.2, 0.25) is 5.15 Å². The van der Waals surface area contributed by atoms with Gasteiger partial charge < -0.3 is 4.74 Å². The van der Waals surface area contributed by atoms with Gasteiger partial charge >= 0.3 is 5.97 Å². The molecule has 0 aliphatic carbocycles. The van der Waals surface area contributed by atoms with Crippen LogP contribution >= 0.6 is 11.6 Å². The molecule has 1 saturated heterocycles. The Balaban J connectivity index is 1.34. The number of aryl methyl sites for hydroxylation is 1. The van der Waals surface area contributed by atoms with Crippen LogP contribution in [0.4, 0.5) is 0 Å². The maximum Gasteiger partial charge on any atom is 0.331 e. The second-order valence-corrected chi connectivity index (χ2v) is 10.5. The number of hydrogen-bond acceptors (Lipinski definition) is 7.